The summed E-state index contributed by atoms with van der Waals surface area (Å²) in [5.74, 6) is 1.64. The number of methoxy groups -OCH3 is 1. The standard InChI is InChI=1S/C15H29NO2/c1-12-5-4-6-14(13(12)2)16-11-15(17-3)7-9-18-10-8-15/h12-14,16H,4-11H2,1-3H3/t12-,13-,14+/m0/s1. The smallest absolute Gasteiger partial charge is 0.0846 e. The van der Waals surface area contributed by atoms with Crippen molar-refractivity contribution >= 4 is 0 Å². The lowest BCUT2D eigenvalue weighted by Crippen LogP contribution is -2.51. The number of hydrogen-bond donors (Lipinski definition) is 1. The molecule has 0 unspecified atom stereocenters. The summed E-state index contributed by atoms with van der Waals surface area (Å²) in [6.45, 7) is 7.44. The van der Waals surface area contributed by atoms with Gasteiger partial charge in [0.15, 0.2) is 0 Å². The molecule has 106 valence electrons. The highest BCUT2D eigenvalue weighted by Crippen LogP contribution is 2.30. The molecular weight excluding hydrogens is 226 g/mol. The maximum absolute atomic E-state index is 5.79. The van der Waals surface area contributed by atoms with Crippen LogP contribution in [-0.4, -0.2) is 38.5 Å². The largest absolute Gasteiger partial charge is 0.381 e. The predicted molar refractivity (Wildman–Crippen MR) is 73.8 cm³/mol. The van der Waals surface area contributed by atoms with Gasteiger partial charge >= 0.3 is 0 Å². The van der Waals surface area contributed by atoms with E-state index in [0.29, 0.717) is 6.04 Å². The van der Waals surface area contributed by atoms with E-state index in [0.717, 1.165) is 44.4 Å². The van der Waals surface area contributed by atoms with Crippen LogP contribution >= 0.6 is 0 Å². The average Bonchev–Trinajstić information content (AvgIpc) is 2.41. The molecule has 2 aliphatic rings. The van der Waals surface area contributed by atoms with Gasteiger partial charge in [0.05, 0.1) is 5.60 Å². The van der Waals surface area contributed by atoms with Crippen molar-refractivity contribution in [3.8, 4) is 0 Å². The van der Waals surface area contributed by atoms with E-state index in [1.54, 1.807) is 0 Å². The molecule has 0 amide bonds. The lowest BCUT2D eigenvalue weighted by Gasteiger charge is -2.40. The van der Waals surface area contributed by atoms with E-state index in [2.05, 4.69) is 19.2 Å². The van der Waals surface area contributed by atoms with Gasteiger partial charge in [-0.15, -0.1) is 0 Å². The first-order chi connectivity index (χ1) is 8.67. The minimum absolute atomic E-state index is 0.0126. The first kappa shape index (κ1) is 14.3. The molecule has 3 heteroatoms. The summed E-state index contributed by atoms with van der Waals surface area (Å²) in [7, 11) is 1.85. The highest BCUT2D eigenvalue weighted by molar-refractivity contribution is 4.89. The molecular formula is C15H29NO2. The quantitative estimate of drug-likeness (QED) is 0.837. The minimum Gasteiger partial charge on any atom is -0.381 e. The van der Waals surface area contributed by atoms with Crippen LogP contribution in [0, 0.1) is 11.8 Å². The van der Waals surface area contributed by atoms with Gasteiger partial charge in [-0.25, -0.2) is 0 Å². The second-order valence-corrected chi connectivity index (χ2v) is 6.25. The van der Waals surface area contributed by atoms with E-state index in [9.17, 15) is 0 Å². The number of nitrogens with one attached hydrogen (secondary N) is 1. The Hall–Kier alpha value is -0.120. The van der Waals surface area contributed by atoms with E-state index in [1.165, 1.54) is 19.3 Å². The fraction of sp³-hybridized carbons (Fsp3) is 1.00. The Kier molecular flexibility index (Phi) is 5.05. The molecule has 2 rings (SSSR count). The molecule has 0 aromatic carbocycles. The van der Waals surface area contributed by atoms with Gasteiger partial charge < -0.3 is 14.8 Å². The summed E-state index contributed by atoms with van der Waals surface area (Å²) in [6, 6.07) is 0.670. The van der Waals surface area contributed by atoms with E-state index < -0.39 is 0 Å². The third kappa shape index (κ3) is 3.25. The van der Waals surface area contributed by atoms with Crippen molar-refractivity contribution in [2.45, 2.75) is 57.6 Å². The van der Waals surface area contributed by atoms with Crippen molar-refractivity contribution in [2.24, 2.45) is 11.8 Å². The van der Waals surface area contributed by atoms with Crippen LogP contribution in [0.1, 0.15) is 46.0 Å². The van der Waals surface area contributed by atoms with Crippen molar-refractivity contribution < 1.29 is 9.47 Å². The van der Waals surface area contributed by atoms with Gasteiger partial charge in [0.25, 0.3) is 0 Å². The third-order valence-corrected chi connectivity index (χ3v) is 5.23. The highest BCUT2D eigenvalue weighted by Gasteiger charge is 2.34. The van der Waals surface area contributed by atoms with Crippen molar-refractivity contribution in [3.63, 3.8) is 0 Å². The van der Waals surface area contributed by atoms with Gasteiger partial charge in [0, 0.05) is 45.8 Å². The van der Waals surface area contributed by atoms with Crippen LogP contribution in [0.15, 0.2) is 0 Å². The highest BCUT2D eigenvalue weighted by atomic mass is 16.5. The first-order valence-corrected chi connectivity index (χ1v) is 7.53. The molecule has 18 heavy (non-hydrogen) atoms. The zero-order valence-electron chi connectivity index (χ0n) is 12.2. The Morgan fingerprint density at radius 3 is 2.61 bits per heavy atom. The molecule has 2 fully saturated rings. The van der Waals surface area contributed by atoms with Crippen LogP contribution < -0.4 is 5.32 Å². The Bertz CT molecular complexity index is 251. The number of ether oxygens (including phenoxy) is 2. The molecule has 1 saturated carbocycles. The summed E-state index contributed by atoms with van der Waals surface area (Å²) < 4.78 is 11.2. The molecule has 0 aromatic heterocycles. The second-order valence-electron chi connectivity index (χ2n) is 6.25. The van der Waals surface area contributed by atoms with Crippen LogP contribution in [0.3, 0.4) is 0 Å². The Balaban J connectivity index is 1.85. The van der Waals surface area contributed by atoms with Crippen LogP contribution in [-0.2, 0) is 9.47 Å². The third-order valence-electron chi connectivity index (χ3n) is 5.23. The van der Waals surface area contributed by atoms with Crippen molar-refractivity contribution in [1.29, 1.82) is 0 Å². The Labute approximate surface area is 112 Å². The molecule has 1 heterocycles. The van der Waals surface area contributed by atoms with Gasteiger partial charge in [-0.1, -0.05) is 26.7 Å². The molecule has 1 N–H and O–H groups in total. The number of hydrogen-bond acceptors (Lipinski definition) is 3. The maximum Gasteiger partial charge on any atom is 0.0846 e. The van der Waals surface area contributed by atoms with E-state index >= 15 is 0 Å². The van der Waals surface area contributed by atoms with Gasteiger partial charge in [0.1, 0.15) is 0 Å². The normalized spacial score (nSPS) is 36.5. The fourth-order valence-corrected chi connectivity index (χ4v) is 3.38. The first-order valence-electron chi connectivity index (χ1n) is 7.53. The SMILES string of the molecule is COC1(CN[C@@H]2CCC[C@H](C)[C@@H]2C)CCOCC1. The van der Waals surface area contributed by atoms with Gasteiger partial charge in [0.2, 0.25) is 0 Å². The predicted octanol–water partition coefficient (Wildman–Crippen LogP) is 2.60. The minimum atomic E-state index is 0.0126. The van der Waals surface area contributed by atoms with Crippen LogP contribution in [0.5, 0.6) is 0 Å². The van der Waals surface area contributed by atoms with Crippen molar-refractivity contribution in [3.05, 3.63) is 0 Å². The Morgan fingerprint density at radius 2 is 1.94 bits per heavy atom. The molecule has 3 nitrogen and oxygen atoms in total. The summed E-state index contributed by atoms with van der Waals surface area (Å²) in [5, 5.41) is 3.78. The second kappa shape index (κ2) is 6.36. The van der Waals surface area contributed by atoms with Crippen molar-refractivity contribution in [2.75, 3.05) is 26.9 Å². The van der Waals surface area contributed by atoms with E-state index in [4.69, 9.17) is 9.47 Å². The topological polar surface area (TPSA) is 30.5 Å². The van der Waals surface area contributed by atoms with Crippen molar-refractivity contribution in [1.82, 2.24) is 5.32 Å². The van der Waals surface area contributed by atoms with E-state index in [1.807, 2.05) is 7.11 Å². The summed E-state index contributed by atoms with van der Waals surface area (Å²) in [4.78, 5) is 0. The summed E-state index contributed by atoms with van der Waals surface area (Å²) >= 11 is 0. The van der Waals surface area contributed by atoms with Crippen LogP contribution in [0.25, 0.3) is 0 Å². The molecule has 0 aromatic rings. The number of rotatable bonds is 4. The molecule has 1 saturated heterocycles. The van der Waals surface area contributed by atoms with E-state index in [-0.39, 0.29) is 5.60 Å². The molecule has 3 atom stereocenters. The molecule has 1 aliphatic carbocycles. The molecule has 0 bridgehead atoms. The molecule has 0 radical (unpaired) electrons. The zero-order chi connectivity index (χ0) is 13.0. The van der Waals surface area contributed by atoms with Gasteiger partial charge in [-0.05, 0) is 18.3 Å². The molecule has 0 spiro atoms. The van der Waals surface area contributed by atoms with Crippen LogP contribution in [0.2, 0.25) is 0 Å². The van der Waals surface area contributed by atoms with Crippen LogP contribution in [0.4, 0.5) is 0 Å². The fourth-order valence-electron chi connectivity index (χ4n) is 3.38. The maximum atomic E-state index is 5.79. The molecule has 1 aliphatic heterocycles. The van der Waals surface area contributed by atoms with Gasteiger partial charge in [-0.3, -0.25) is 0 Å². The zero-order valence-corrected chi connectivity index (χ0v) is 12.2. The average molecular weight is 255 g/mol. The summed E-state index contributed by atoms with van der Waals surface area (Å²) in [5.41, 5.74) is 0.0126. The monoisotopic (exact) mass is 255 g/mol. The van der Waals surface area contributed by atoms with Gasteiger partial charge in [-0.2, -0.15) is 0 Å². The lowest BCUT2D eigenvalue weighted by atomic mass is 9.77. The lowest BCUT2D eigenvalue weighted by molar-refractivity contribution is -0.0899. The summed E-state index contributed by atoms with van der Waals surface area (Å²) in [6.07, 6.45) is 6.12. The Morgan fingerprint density at radius 1 is 1.22 bits per heavy atom.